The maximum absolute atomic E-state index is 13.0. The summed E-state index contributed by atoms with van der Waals surface area (Å²) in [7, 11) is 0. The first-order chi connectivity index (χ1) is 12.4. The van der Waals surface area contributed by atoms with Gasteiger partial charge < -0.3 is 15.0 Å². The smallest absolute Gasteiger partial charge is 0.378 e. The Labute approximate surface area is 155 Å². The first kappa shape index (κ1) is 18.9. The lowest BCUT2D eigenvalue weighted by Crippen LogP contribution is -2.41. The molecule has 1 aromatic heterocycles. The number of carbonyl (C=O) groups is 1. The molecule has 1 amide bonds. The molecule has 2 aromatic rings. The number of carbonyl (C=O) groups excluding carboxylic acids is 1. The van der Waals surface area contributed by atoms with Gasteiger partial charge in [0.05, 0.1) is 30.2 Å². The fraction of sp³-hybridized carbons (Fsp3) is 0.400. The highest BCUT2D eigenvalue weighted by Crippen LogP contribution is 2.36. The molecule has 1 aromatic carbocycles. The van der Waals surface area contributed by atoms with Gasteiger partial charge in [0.1, 0.15) is 0 Å². The first-order valence-corrected chi connectivity index (χ1v) is 9.49. The zero-order valence-corrected chi connectivity index (χ0v) is 15.1. The van der Waals surface area contributed by atoms with E-state index in [-0.39, 0.29) is 22.5 Å². The number of nitrogens with one attached hydrogen (secondary N) is 1. The summed E-state index contributed by atoms with van der Waals surface area (Å²) in [4.78, 5) is 13.8. The third-order valence-corrected chi connectivity index (χ3v) is 5.52. The van der Waals surface area contributed by atoms with E-state index in [0.29, 0.717) is 30.6 Å². The number of benzene rings is 1. The molecule has 0 aliphatic carbocycles. The summed E-state index contributed by atoms with van der Waals surface area (Å²) in [6, 6.07) is 5.17. The summed E-state index contributed by atoms with van der Waals surface area (Å²) < 4.78 is 44.8. The van der Waals surface area contributed by atoms with E-state index in [9.17, 15) is 18.0 Å². The van der Waals surface area contributed by atoms with Gasteiger partial charge in [-0.15, -0.1) is 10.2 Å². The van der Waals surface area contributed by atoms with Gasteiger partial charge in [-0.2, -0.15) is 13.2 Å². The van der Waals surface area contributed by atoms with Crippen molar-refractivity contribution in [3.8, 4) is 0 Å². The van der Waals surface area contributed by atoms with Crippen LogP contribution in [0.15, 0.2) is 28.6 Å². The highest BCUT2D eigenvalue weighted by Gasteiger charge is 2.33. The Hall–Kier alpha value is -1.85. The van der Waals surface area contributed by atoms with Crippen molar-refractivity contribution in [2.45, 2.75) is 10.5 Å². The maximum Gasteiger partial charge on any atom is 0.418 e. The molecule has 0 spiro atoms. The van der Waals surface area contributed by atoms with Gasteiger partial charge in [0.25, 0.3) is 0 Å². The van der Waals surface area contributed by atoms with Crippen LogP contribution in [-0.2, 0) is 15.7 Å². The van der Waals surface area contributed by atoms with Crippen LogP contribution in [0.5, 0.6) is 0 Å². The van der Waals surface area contributed by atoms with Crippen LogP contribution in [0.1, 0.15) is 5.56 Å². The minimum Gasteiger partial charge on any atom is -0.378 e. The van der Waals surface area contributed by atoms with E-state index < -0.39 is 11.7 Å². The number of rotatable bonds is 5. The molecule has 1 aliphatic heterocycles. The van der Waals surface area contributed by atoms with Gasteiger partial charge in [-0.3, -0.25) is 4.79 Å². The van der Waals surface area contributed by atoms with E-state index in [1.54, 1.807) is 4.90 Å². The van der Waals surface area contributed by atoms with E-state index in [4.69, 9.17) is 4.74 Å². The number of morpholine rings is 1. The predicted molar refractivity (Wildman–Crippen MR) is 92.8 cm³/mol. The third-order valence-electron chi connectivity index (χ3n) is 3.56. The Balaban J connectivity index is 1.59. The van der Waals surface area contributed by atoms with Gasteiger partial charge in [-0.05, 0) is 12.1 Å². The lowest BCUT2D eigenvalue weighted by atomic mass is 10.2. The summed E-state index contributed by atoms with van der Waals surface area (Å²) in [5, 5.41) is 10.7. The summed E-state index contributed by atoms with van der Waals surface area (Å²) in [6.45, 7) is 2.19. The zero-order chi connectivity index (χ0) is 18.6. The number of halogens is 3. The minimum atomic E-state index is -4.46. The summed E-state index contributed by atoms with van der Waals surface area (Å²) >= 11 is 2.32. The van der Waals surface area contributed by atoms with E-state index in [1.165, 1.54) is 30.0 Å². The van der Waals surface area contributed by atoms with Crippen molar-refractivity contribution in [1.29, 1.82) is 0 Å². The van der Waals surface area contributed by atoms with Crippen LogP contribution >= 0.6 is 23.1 Å². The fourth-order valence-corrected chi connectivity index (χ4v) is 3.97. The van der Waals surface area contributed by atoms with Crippen molar-refractivity contribution in [3.63, 3.8) is 0 Å². The van der Waals surface area contributed by atoms with Gasteiger partial charge >= 0.3 is 6.18 Å². The molecular weight excluding hydrogens is 389 g/mol. The fourth-order valence-electron chi connectivity index (χ4n) is 2.30. The van der Waals surface area contributed by atoms with Crippen molar-refractivity contribution in [1.82, 2.24) is 15.1 Å². The molecule has 0 atom stereocenters. The monoisotopic (exact) mass is 404 g/mol. The second kappa shape index (κ2) is 8.23. The van der Waals surface area contributed by atoms with Crippen LogP contribution in [0.2, 0.25) is 0 Å². The van der Waals surface area contributed by atoms with Crippen molar-refractivity contribution >= 4 is 39.8 Å². The van der Waals surface area contributed by atoms with Crippen LogP contribution in [0.25, 0.3) is 0 Å². The van der Waals surface area contributed by atoms with Gasteiger partial charge in [0, 0.05) is 13.1 Å². The predicted octanol–water partition coefficient (Wildman–Crippen LogP) is 3.25. The number of amides is 1. The normalized spacial score (nSPS) is 15.1. The van der Waals surface area contributed by atoms with E-state index >= 15 is 0 Å². The number of alkyl halides is 3. The zero-order valence-electron chi connectivity index (χ0n) is 13.5. The molecular formula is C15H15F3N4O2S2. The second-order valence-electron chi connectivity index (χ2n) is 5.32. The number of para-hydroxylation sites is 1. The molecule has 0 bridgehead atoms. The van der Waals surface area contributed by atoms with E-state index in [1.807, 2.05) is 0 Å². The molecule has 1 saturated heterocycles. The molecule has 1 N–H and O–H groups in total. The molecule has 0 radical (unpaired) electrons. The largest absolute Gasteiger partial charge is 0.418 e. The summed E-state index contributed by atoms with van der Waals surface area (Å²) in [5.41, 5.74) is -0.857. The highest BCUT2D eigenvalue weighted by molar-refractivity contribution is 8.01. The van der Waals surface area contributed by atoms with Crippen LogP contribution in [0.4, 0.5) is 24.0 Å². The molecule has 1 aliphatic rings. The van der Waals surface area contributed by atoms with Gasteiger partial charge in [-0.1, -0.05) is 35.2 Å². The lowest BCUT2D eigenvalue weighted by Gasteiger charge is -2.26. The van der Waals surface area contributed by atoms with Crippen molar-refractivity contribution < 1.29 is 22.7 Å². The number of anilines is 2. The molecule has 0 unspecified atom stereocenters. The maximum atomic E-state index is 13.0. The standard InChI is InChI=1S/C15H15F3N4O2S2/c16-15(17,18)10-3-1-2-4-11(10)19-13-20-21-14(26-13)25-9-12(23)22-5-7-24-8-6-22/h1-4H,5-9H2,(H,19,20). The Bertz CT molecular complexity index is 763. The topological polar surface area (TPSA) is 67.4 Å². The quantitative estimate of drug-likeness (QED) is 0.772. The van der Waals surface area contributed by atoms with E-state index in [2.05, 4.69) is 15.5 Å². The number of ether oxygens (including phenoxy) is 1. The molecule has 2 heterocycles. The number of thioether (sulfide) groups is 1. The average Bonchev–Trinajstić information content (AvgIpc) is 3.07. The Kier molecular flexibility index (Phi) is 5.99. The van der Waals surface area contributed by atoms with Crippen molar-refractivity contribution in [3.05, 3.63) is 29.8 Å². The van der Waals surface area contributed by atoms with Gasteiger partial charge in [-0.25, -0.2) is 0 Å². The molecule has 1 fully saturated rings. The highest BCUT2D eigenvalue weighted by atomic mass is 32.2. The van der Waals surface area contributed by atoms with E-state index in [0.717, 1.165) is 17.4 Å². The molecule has 11 heteroatoms. The van der Waals surface area contributed by atoms with Crippen molar-refractivity contribution in [2.24, 2.45) is 0 Å². The van der Waals surface area contributed by atoms with Crippen LogP contribution in [0, 0.1) is 0 Å². The minimum absolute atomic E-state index is 0.0228. The summed E-state index contributed by atoms with van der Waals surface area (Å²) in [5.74, 6) is 0.179. The third kappa shape index (κ3) is 4.86. The molecule has 140 valence electrons. The molecule has 26 heavy (non-hydrogen) atoms. The van der Waals surface area contributed by atoms with Crippen LogP contribution in [0.3, 0.4) is 0 Å². The van der Waals surface area contributed by atoms with Gasteiger partial charge in [0.15, 0.2) is 4.34 Å². The molecule has 6 nitrogen and oxygen atoms in total. The van der Waals surface area contributed by atoms with Gasteiger partial charge in [0.2, 0.25) is 11.0 Å². The second-order valence-corrected chi connectivity index (χ2v) is 7.52. The van der Waals surface area contributed by atoms with Crippen LogP contribution < -0.4 is 5.32 Å². The van der Waals surface area contributed by atoms with Crippen LogP contribution in [-0.4, -0.2) is 53.1 Å². The van der Waals surface area contributed by atoms with Crippen molar-refractivity contribution in [2.75, 3.05) is 37.4 Å². The first-order valence-electron chi connectivity index (χ1n) is 7.68. The number of nitrogens with zero attached hydrogens (tertiary/aromatic N) is 3. The lowest BCUT2D eigenvalue weighted by molar-refractivity contribution is -0.137. The average molecular weight is 404 g/mol. The SMILES string of the molecule is O=C(CSc1nnc(Nc2ccccc2C(F)(F)F)s1)N1CCOCC1. The number of aromatic nitrogens is 2. The molecule has 0 saturated carbocycles. The number of hydrogen-bond donors (Lipinski definition) is 1. The summed E-state index contributed by atoms with van der Waals surface area (Å²) in [6.07, 6.45) is -4.46. The Morgan fingerprint density at radius 1 is 1.27 bits per heavy atom. The Morgan fingerprint density at radius 2 is 2.00 bits per heavy atom. The number of hydrogen-bond acceptors (Lipinski definition) is 7. The Morgan fingerprint density at radius 3 is 2.73 bits per heavy atom. The molecule has 3 rings (SSSR count).